The number of aryl methyl sites for hydroxylation is 2. The van der Waals surface area contributed by atoms with Crippen LogP contribution in [0.4, 0.5) is 0 Å². The van der Waals surface area contributed by atoms with Crippen LogP contribution in [0.1, 0.15) is 161 Å². The standard InChI is InChI=1S/C50H64Si/c1-31-25-35(47(3,4)5)29-41(49(9,10)11)43(31)39-27-33-21-17-19-23-37(33)45(39)51(15,16)46-38-24-20-18-22-34(38)28-40(46)44-32(2)26-36(48(6,7)8)30-42(44)50(12,13)14/h17-30,45-46H,1-16H3. The summed E-state index contributed by atoms with van der Waals surface area (Å²) in [7, 11) is -2.28. The van der Waals surface area contributed by atoms with Gasteiger partial charge in [-0.05, 0) is 113 Å². The van der Waals surface area contributed by atoms with E-state index in [1.165, 1.54) is 77.9 Å². The van der Waals surface area contributed by atoms with Crippen LogP contribution in [0.5, 0.6) is 0 Å². The van der Waals surface area contributed by atoms with Gasteiger partial charge in [0, 0.05) is 11.1 Å². The SMILES string of the molecule is Cc1cc(C(C)(C)C)cc(C(C)(C)C)c1C1=Cc2ccccc2C1[Si](C)(C)C1C(c2c(C)cc(C(C)(C)C)cc2C(C)(C)C)=Cc2ccccc21. The first-order chi connectivity index (χ1) is 23.4. The summed E-state index contributed by atoms with van der Waals surface area (Å²) in [5, 5.41) is 0. The fourth-order valence-electron chi connectivity index (χ4n) is 9.24. The van der Waals surface area contributed by atoms with Gasteiger partial charge in [-0.3, -0.25) is 0 Å². The molecule has 0 N–H and O–H groups in total. The van der Waals surface area contributed by atoms with Crippen LogP contribution in [0.2, 0.25) is 13.1 Å². The first-order valence-corrected chi connectivity index (χ1v) is 22.5. The zero-order valence-corrected chi connectivity index (χ0v) is 35.7. The molecule has 4 aromatic carbocycles. The minimum Gasteiger partial charge on any atom is -0.0679 e. The smallest absolute Gasteiger partial charge is 0.0679 e. The minimum absolute atomic E-state index is 0.00571. The van der Waals surface area contributed by atoms with E-state index in [1.54, 1.807) is 0 Å². The Morgan fingerprint density at radius 3 is 1.10 bits per heavy atom. The molecule has 0 saturated carbocycles. The minimum atomic E-state index is -2.28. The second-order valence-corrected chi connectivity index (χ2v) is 25.4. The molecule has 0 aromatic heterocycles. The Balaban J connectivity index is 1.63. The number of hydrogen-bond donors (Lipinski definition) is 0. The fraction of sp³-hybridized carbons (Fsp3) is 0.440. The monoisotopic (exact) mass is 692 g/mol. The van der Waals surface area contributed by atoms with E-state index in [4.69, 9.17) is 0 Å². The molecule has 4 aromatic rings. The van der Waals surface area contributed by atoms with Crippen LogP contribution in [-0.4, -0.2) is 8.07 Å². The summed E-state index contributed by atoms with van der Waals surface area (Å²) in [4.78, 5) is 0. The number of allylic oxidation sites excluding steroid dienone is 2. The van der Waals surface area contributed by atoms with Gasteiger partial charge in [0.2, 0.25) is 0 Å². The van der Waals surface area contributed by atoms with Gasteiger partial charge < -0.3 is 0 Å². The Kier molecular flexibility index (Phi) is 9.03. The lowest BCUT2D eigenvalue weighted by Crippen LogP contribution is -2.43. The van der Waals surface area contributed by atoms with Gasteiger partial charge in [-0.15, -0.1) is 0 Å². The lowest BCUT2D eigenvalue weighted by molar-refractivity contribution is 0.566. The quantitative estimate of drug-likeness (QED) is 0.187. The summed E-state index contributed by atoms with van der Waals surface area (Å²) < 4.78 is 0. The predicted molar refractivity (Wildman–Crippen MR) is 229 cm³/mol. The third-order valence-corrected chi connectivity index (χ3v) is 16.2. The van der Waals surface area contributed by atoms with E-state index in [2.05, 4.69) is 195 Å². The predicted octanol–water partition coefficient (Wildman–Crippen LogP) is 14.3. The highest BCUT2D eigenvalue weighted by Gasteiger charge is 2.50. The molecule has 2 atom stereocenters. The highest BCUT2D eigenvalue weighted by atomic mass is 28.3. The van der Waals surface area contributed by atoms with E-state index < -0.39 is 8.07 Å². The van der Waals surface area contributed by atoms with E-state index in [-0.39, 0.29) is 21.7 Å². The second kappa shape index (κ2) is 12.3. The van der Waals surface area contributed by atoms with Crippen LogP contribution in [0, 0.1) is 13.8 Å². The fourth-order valence-corrected chi connectivity index (χ4v) is 13.8. The van der Waals surface area contributed by atoms with Crippen molar-refractivity contribution >= 4 is 31.4 Å². The molecule has 0 aliphatic heterocycles. The molecule has 0 nitrogen and oxygen atoms in total. The molecule has 2 aliphatic rings. The third kappa shape index (κ3) is 6.58. The van der Waals surface area contributed by atoms with E-state index in [9.17, 15) is 0 Å². The van der Waals surface area contributed by atoms with Crippen LogP contribution < -0.4 is 0 Å². The lowest BCUT2D eigenvalue weighted by Gasteiger charge is -2.42. The molecular weight excluding hydrogens is 629 g/mol. The molecule has 0 fully saturated rings. The average molecular weight is 693 g/mol. The number of rotatable bonds is 4. The van der Waals surface area contributed by atoms with E-state index in [0.29, 0.717) is 11.1 Å². The van der Waals surface area contributed by atoms with Crippen molar-refractivity contribution in [3.63, 3.8) is 0 Å². The summed E-state index contributed by atoms with van der Waals surface area (Å²) in [5.74, 6) is 0. The molecule has 2 unspecified atom stereocenters. The van der Waals surface area contributed by atoms with Gasteiger partial charge in [-0.2, -0.15) is 0 Å². The Labute approximate surface area is 312 Å². The highest BCUT2D eigenvalue weighted by Crippen LogP contribution is 2.59. The molecule has 0 heterocycles. The largest absolute Gasteiger partial charge is 0.0731 e. The van der Waals surface area contributed by atoms with E-state index in [1.807, 2.05) is 0 Å². The van der Waals surface area contributed by atoms with Crippen LogP contribution in [-0.2, 0) is 21.7 Å². The van der Waals surface area contributed by atoms with Gasteiger partial charge in [0.25, 0.3) is 0 Å². The summed E-state index contributed by atoms with van der Waals surface area (Å²) >= 11 is 0. The van der Waals surface area contributed by atoms with Crippen LogP contribution in [0.3, 0.4) is 0 Å². The van der Waals surface area contributed by atoms with E-state index >= 15 is 0 Å². The highest BCUT2D eigenvalue weighted by molar-refractivity contribution is 6.84. The Bertz CT molecular complexity index is 1920. The maximum absolute atomic E-state index is 2.71. The maximum atomic E-state index is 2.71. The van der Waals surface area contributed by atoms with Gasteiger partial charge in [0.1, 0.15) is 0 Å². The molecule has 0 bridgehead atoms. The Morgan fingerprint density at radius 1 is 0.451 bits per heavy atom. The second-order valence-electron chi connectivity index (χ2n) is 20.6. The Morgan fingerprint density at radius 2 is 0.784 bits per heavy atom. The summed E-state index contributed by atoms with van der Waals surface area (Å²) in [6, 6.07) is 28.7. The zero-order chi connectivity index (χ0) is 37.6. The van der Waals surface area contributed by atoms with Crippen molar-refractivity contribution in [2.75, 3.05) is 0 Å². The summed E-state index contributed by atoms with van der Waals surface area (Å²) in [6.45, 7) is 38.7. The van der Waals surface area contributed by atoms with Gasteiger partial charge >= 0.3 is 0 Å². The first kappa shape index (κ1) is 37.3. The van der Waals surface area contributed by atoms with Crippen molar-refractivity contribution in [2.45, 2.75) is 143 Å². The summed E-state index contributed by atoms with van der Waals surface area (Å²) in [5.41, 5.74) is 21.4. The average Bonchev–Trinajstić information content (AvgIpc) is 3.58. The molecule has 0 saturated heterocycles. The number of benzene rings is 4. The topological polar surface area (TPSA) is 0 Å². The number of fused-ring (bicyclic) bond motifs is 2. The van der Waals surface area contributed by atoms with Crippen molar-refractivity contribution in [2.24, 2.45) is 0 Å². The van der Waals surface area contributed by atoms with Gasteiger partial charge in [0.15, 0.2) is 0 Å². The lowest BCUT2D eigenvalue weighted by atomic mass is 9.75. The van der Waals surface area contributed by atoms with E-state index in [0.717, 1.165) is 0 Å². The van der Waals surface area contributed by atoms with Gasteiger partial charge in [0.05, 0.1) is 8.07 Å². The molecule has 1 heteroatoms. The van der Waals surface area contributed by atoms with Crippen LogP contribution >= 0.6 is 0 Å². The Hall–Kier alpha value is -3.42. The van der Waals surface area contributed by atoms with Crippen LogP contribution in [0.15, 0.2) is 72.8 Å². The van der Waals surface area contributed by atoms with Gasteiger partial charge in [-0.25, -0.2) is 0 Å². The first-order valence-electron chi connectivity index (χ1n) is 19.4. The van der Waals surface area contributed by atoms with Crippen molar-refractivity contribution in [1.29, 1.82) is 0 Å². The molecule has 2 aliphatic carbocycles. The molecule has 51 heavy (non-hydrogen) atoms. The summed E-state index contributed by atoms with van der Waals surface area (Å²) in [6.07, 6.45) is 5.16. The van der Waals surface area contributed by atoms with Crippen molar-refractivity contribution in [3.05, 3.63) is 140 Å². The van der Waals surface area contributed by atoms with Crippen molar-refractivity contribution in [1.82, 2.24) is 0 Å². The third-order valence-electron chi connectivity index (χ3n) is 11.9. The molecular formula is C50H64Si. The molecule has 0 spiro atoms. The molecule has 0 amide bonds. The van der Waals surface area contributed by atoms with Gasteiger partial charge in [-0.1, -0.05) is 181 Å². The molecule has 0 radical (unpaired) electrons. The van der Waals surface area contributed by atoms with Crippen LogP contribution in [0.25, 0.3) is 23.3 Å². The molecule has 268 valence electrons. The number of hydrogen-bond acceptors (Lipinski definition) is 0. The maximum Gasteiger partial charge on any atom is 0.0731 e. The van der Waals surface area contributed by atoms with Crippen molar-refractivity contribution < 1.29 is 0 Å². The zero-order valence-electron chi connectivity index (χ0n) is 34.7. The normalized spacial score (nSPS) is 18.0. The molecule has 6 rings (SSSR count). The van der Waals surface area contributed by atoms with Crippen molar-refractivity contribution in [3.8, 4) is 0 Å².